The van der Waals surface area contributed by atoms with Crippen LogP contribution in [0.1, 0.15) is 32.6 Å². The Bertz CT molecular complexity index is 416. The molecular formula is C14H20O6. The SMILES string of the molecule is C=CC(=O)C(O)COC(=O)C1CCCCC1(C)C(=O)O. The molecule has 0 aromatic rings. The maximum atomic E-state index is 12.0. The van der Waals surface area contributed by atoms with E-state index in [1.165, 1.54) is 6.92 Å². The summed E-state index contributed by atoms with van der Waals surface area (Å²) in [5.74, 6) is -3.09. The molecule has 0 heterocycles. The molecule has 0 aromatic carbocycles. The summed E-state index contributed by atoms with van der Waals surface area (Å²) < 4.78 is 4.89. The molecule has 0 saturated heterocycles. The van der Waals surface area contributed by atoms with Crippen molar-refractivity contribution in [1.82, 2.24) is 0 Å². The van der Waals surface area contributed by atoms with Crippen molar-refractivity contribution >= 4 is 17.7 Å². The molecule has 6 heteroatoms. The predicted octanol–water partition coefficient (Wildman–Crippen LogP) is 0.927. The third kappa shape index (κ3) is 3.45. The Morgan fingerprint density at radius 3 is 2.65 bits per heavy atom. The van der Waals surface area contributed by atoms with Crippen molar-refractivity contribution in [3.63, 3.8) is 0 Å². The van der Waals surface area contributed by atoms with Crippen LogP contribution in [-0.2, 0) is 19.1 Å². The molecule has 1 aliphatic rings. The van der Waals surface area contributed by atoms with E-state index in [4.69, 9.17) is 4.74 Å². The van der Waals surface area contributed by atoms with Gasteiger partial charge in [0, 0.05) is 0 Å². The lowest BCUT2D eigenvalue weighted by Gasteiger charge is -2.36. The van der Waals surface area contributed by atoms with Crippen molar-refractivity contribution in [3.8, 4) is 0 Å². The Hall–Kier alpha value is -1.69. The second-order valence-corrected chi connectivity index (χ2v) is 5.27. The summed E-state index contributed by atoms with van der Waals surface area (Å²) in [5, 5.41) is 18.7. The number of rotatable bonds is 6. The van der Waals surface area contributed by atoms with E-state index in [9.17, 15) is 24.6 Å². The Kier molecular flexibility index (Phi) is 5.44. The van der Waals surface area contributed by atoms with Crippen LogP contribution in [-0.4, -0.2) is 40.6 Å². The van der Waals surface area contributed by atoms with Crippen LogP contribution in [0.5, 0.6) is 0 Å². The minimum absolute atomic E-state index is 0.413. The molecule has 1 fully saturated rings. The quantitative estimate of drug-likeness (QED) is 0.556. The van der Waals surface area contributed by atoms with Gasteiger partial charge < -0.3 is 14.9 Å². The average molecular weight is 284 g/mol. The van der Waals surface area contributed by atoms with Crippen molar-refractivity contribution in [3.05, 3.63) is 12.7 Å². The highest BCUT2D eigenvalue weighted by atomic mass is 16.5. The second-order valence-electron chi connectivity index (χ2n) is 5.27. The van der Waals surface area contributed by atoms with Crippen molar-refractivity contribution in [2.24, 2.45) is 11.3 Å². The van der Waals surface area contributed by atoms with Gasteiger partial charge in [-0.2, -0.15) is 0 Å². The van der Waals surface area contributed by atoms with E-state index in [0.29, 0.717) is 12.8 Å². The number of ketones is 1. The summed E-state index contributed by atoms with van der Waals surface area (Å²) in [6.07, 6.45) is 1.86. The fraction of sp³-hybridized carbons (Fsp3) is 0.643. The number of aliphatic carboxylic acids is 1. The zero-order chi connectivity index (χ0) is 15.3. The van der Waals surface area contributed by atoms with E-state index in [-0.39, 0.29) is 0 Å². The number of carboxylic acid groups (broad SMARTS) is 1. The smallest absolute Gasteiger partial charge is 0.310 e. The zero-order valence-electron chi connectivity index (χ0n) is 11.5. The Morgan fingerprint density at radius 2 is 2.10 bits per heavy atom. The Labute approximate surface area is 117 Å². The first-order valence-electron chi connectivity index (χ1n) is 6.57. The molecule has 3 unspecified atom stereocenters. The summed E-state index contributed by atoms with van der Waals surface area (Å²) in [4.78, 5) is 34.4. The van der Waals surface area contributed by atoms with Gasteiger partial charge in [0.25, 0.3) is 0 Å². The molecule has 1 aliphatic carbocycles. The molecule has 20 heavy (non-hydrogen) atoms. The first-order chi connectivity index (χ1) is 9.32. The number of aliphatic hydroxyl groups excluding tert-OH is 1. The van der Waals surface area contributed by atoms with Crippen LogP contribution < -0.4 is 0 Å². The molecule has 0 bridgehead atoms. The van der Waals surface area contributed by atoms with Crippen LogP contribution in [0.15, 0.2) is 12.7 Å². The van der Waals surface area contributed by atoms with Gasteiger partial charge in [-0.3, -0.25) is 14.4 Å². The topological polar surface area (TPSA) is 101 Å². The fourth-order valence-electron chi connectivity index (χ4n) is 2.45. The highest BCUT2D eigenvalue weighted by Gasteiger charge is 2.47. The van der Waals surface area contributed by atoms with Crippen molar-refractivity contribution in [1.29, 1.82) is 0 Å². The minimum atomic E-state index is -1.45. The van der Waals surface area contributed by atoms with Gasteiger partial charge in [-0.05, 0) is 25.8 Å². The maximum Gasteiger partial charge on any atom is 0.310 e. The standard InChI is InChI=1S/C14H20O6/c1-3-10(15)11(16)8-20-12(17)9-6-4-5-7-14(9,2)13(18)19/h3,9,11,16H,1,4-8H2,2H3,(H,18,19). The second kappa shape index (κ2) is 6.65. The van der Waals surface area contributed by atoms with Gasteiger partial charge in [0.2, 0.25) is 0 Å². The molecule has 1 saturated carbocycles. The number of esters is 1. The number of carbonyl (C=O) groups excluding carboxylic acids is 2. The summed E-state index contributed by atoms with van der Waals surface area (Å²) in [6, 6.07) is 0. The first-order valence-corrected chi connectivity index (χ1v) is 6.57. The average Bonchev–Trinajstić information content (AvgIpc) is 2.43. The Morgan fingerprint density at radius 1 is 1.45 bits per heavy atom. The molecule has 2 N–H and O–H groups in total. The summed E-state index contributed by atoms with van der Waals surface area (Å²) in [5.41, 5.74) is -1.15. The van der Waals surface area contributed by atoms with Crippen molar-refractivity contribution in [2.75, 3.05) is 6.61 Å². The van der Waals surface area contributed by atoms with Gasteiger partial charge in [-0.15, -0.1) is 0 Å². The van der Waals surface area contributed by atoms with Gasteiger partial charge in [0.1, 0.15) is 6.61 Å². The molecule has 6 nitrogen and oxygen atoms in total. The van der Waals surface area contributed by atoms with E-state index in [2.05, 4.69) is 6.58 Å². The lowest BCUT2D eigenvalue weighted by atomic mass is 9.67. The maximum absolute atomic E-state index is 12.0. The van der Waals surface area contributed by atoms with E-state index in [1.54, 1.807) is 0 Å². The number of aliphatic hydroxyl groups is 1. The monoisotopic (exact) mass is 284 g/mol. The number of ether oxygens (including phenoxy) is 1. The highest BCUT2D eigenvalue weighted by Crippen LogP contribution is 2.41. The lowest BCUT2D eigenvalue weighted by Crippen LogP contribution is -2.44. The van der Waals surface area contributed by atoms with Crippen molar-refractivity contribution < 1.29 is 29.3 Å². The number of hydrogen-bond donors (Lipinski definition) is 2. The van der Waals surface area contributed by atoms with Crippen LogP contribution in [0.3, 0.4) is 0 Å². The summed E-state index contributed by atoms with van der Waals surface area (Å²) >= 11 is 0. The van der Waals surface area contributed by atoms with Crippen LogP contribution in [0.25, 0.3) is 0 Å². The van der Waals surface area contributed by atoms with E-state index in [0.717, 1.165) is 18.9 Å². The van der Waals surface area contributed by atoms with Gasteiger partial charge in [0.15, 0.2) is 11.9 Å². The van der Waals surface area contributed by atoms with Gasteiger partial charge >= 0.3 is 11.9 Å². The van der Waals surface area contributed by atoms with Gasteiger partial charge in [0.05, 0.1) is 11.3 Å². The number of carboxylic acids is 1. The van der Waals surface area contributed by atoms with E-state index >= 15 is 0 Å². The molecule has 3 atom stereocenters. The fourth-order valence-corrected chi connectivity index (χ4v) is 2.45. The van der Waals surface area contributed by atoms with E-state index in [1.807, 2.05) is 0 Å². The molecule has 0 aliphatic heterocycles. The number of hydrogen-bond acceptors (Lipinski definition) is 5. The normalized spacial score (nSPS) is 27.4. The minimum Gasteiger partial charge on any atom is -0.481 e. The molecule has 0 amide bonds. The third-order valence-corrected chi connectivity index (χ3v) is 3.89. The highest BCUT2D eigenvalue weighted by molar-refractivity contribution is 5.93. The van der Waals surface area contributed by atoms with Gasteiger partial charge in [-0.1, -0.05) is 19.4 Å². The summed E-state index contributed by atoms with van der Waals surface area (Å²) in [6.45, 7) is 4.27. The summed E-state index contributed by atoms with van der Waals surface area (Å²) in [7, 11) is 0. The van der Waals surface area contributed by atoms with Crippen LogP contribution in [0.2, 0.25) is 0 Å². The number of carbonyl (C=O) groups is 3. The van der Waals surface area contributed by atoms with E-state index < -0.39 is 41.8 Å². The van der Waals surface area contributed by atoms with Crippen LogP contribution >= 0.6 is 0 Å². The van der Waals surface area contributed by atoms with Crippen LogP contribution in [0, 0.1) is 11.3 Å². The molecule has 1 rings (SSSR count). The molecule has 0 spiro atoms. The molecule has 112 valence electrons. The van der Waals surface area contributed by atoms with Gasteiger partial charge in [-0.25, -0.2) is 0 Å². The van der Waals surface area contributed by atoms with Crippen molar-refractivity contribution in [2.45, 2.75) is 38.7 Å². The lowest BCUT2D eigenvalue weighted by molar-refractivity contribution is -0.169. The third-order valence-electron chi connectivity index (χ3n) is 3.89. The predicted molar refractivity (Wildman–Crippen MR) is 69.9 cm³/mol. The molecular weight excluding hydrogens is 264 g/mol. The molecule has 0 aromatic heterocycles. The first kappa shape index (κ1) is 16.4. The van der Waals surface area contributed by atoms with Crippen LogP contribution in [0.4, 0.5) is 0 Å². The zero-order valence-corrected chi connectivity index (χ0v) is 11.5. The Balaban J connectivity index is 2.67. The molecule has 0 radical (unpaired) electrons. The largest absolute Gasteiger partial charge is 0.481 e.